The molecule has 0 radical (unpaired) electrons. The van der Waals surface area contributed by atoms with E-state index in [1.54, 1.807) is 0 Å². The molecule has 0 saturated carbocycles. The average molecular weight is 230 g/mol. The minimum absolute atomic E-state index is 0.327. The molecule has 7 heteroatoms. The van der Waals surface area contributed by atoms with Crippen molar-refractivity contribution in [3.8, 4) is 0 Å². The summed E-state index contributed by atoms with van der Waals surface area (Å²) in [7, 11) is 5.95. The highest BCUT2D eigenvalue weighted by atomic mass is 32.2. The van der Waals surface area contributed by atoms with E-state index in [9.17, 15) is 8.60 Å². The first kappa shape index (κ1) is 13.9. The number of likely N-dealkylation sites (N-methyl/N-ethyl adjacent to an activating group) is 1. The molecule has 0 saturated heterocycles. The van der Waals surface area contributed by atoms with Crippen LogP contribution in [0.3, 0.4) is 0 Å². The Morgan fingerprint density at radius 1 is 1.50 bits per heavy atom. The van der Waals surface area contributed by atoms with Gasteiger partial charge in [0.15, 0.2) is 0 Å². The highest BCUT2D eigenvalue weighted by Crippen LogP contribution is 1.97. The van der Waals surface area contributed by atoms with Gasteiger partial charge in [-0.05, 0) is 0 Å². The lowest BCUT2D eigenvalue weighted by molar-refractivity contribution is -0.870. The third kappa shape index (κ3) is 10.0. The lowest BCUT2D eigenvalue weighted by Gasteiger charge is -2.23. The van der Waals surface area contributed by atoms with Gasteiger partial charge >= 0.3 is 11.4 Å². The van der Waals surface area contributed by atoms with Crippen molar-refractivity contribution >= 4 is 11.4 Å². The summed E-state index contributed by atoms with van der Waals surface area (Å²) >= 11 is -2.58. The third-order valence-corrected chi connectivity index (χ3v) is 1.72. The van der Waals surface area contributed by atoms with Gasteiger partial charge in [-0.25, -0.2) is 8.57 Å². The molecule has 0 fully saturated rings. The first-order chi connectivity index (χ1) is 6.31. The van der Waals surface area contributed by atoms with E-state index < -0.39 is 17.7 Å². The van der Waals surface area contributed by atoms with Gasteiger partial charge in [-0.1, -0.05) is 0 Å². The van der Waals surface area contributed by atoms with Crippen molar-refractivity contribution < 1.29 is 26.6 Å². The second-order valence-electron chi connectivity index (χ2n) is 3.81. The first-order valence-corrected chi connectivity index (χ1v) is 5.15. The van der Waals surface area contributed by atoms with Crippen molar-refractivity contribution in [3.63, 3.8) is 0 Å². The Morgan fingerprint density at radius 3 is 2.50 bits per heavy atom. The second-order valence-corrected chi connectivity index (χ2v) is 4.44. The standard InChI is InChI=1S/C7H16FNO4S/c1-9(2,3)4-5-12-6-7(8)13-14(10)11/h7H,4-6H2,1-3H3/p+1. The summed E-state index contributed by atoms with van der Waals surface area (Å²) in [5.74, 6) is 0. The molecule has 2 unspecified atom stereocenters. The number of quaternary nitrogens is 1. The van der Waals surface area contributed by atoms with Crippen LogP contribution in [0.2, 0.25) is 0 Å². The Hall–Kier alpha value is -0.0800. The van der Waals surface area contributed by atoms with Crippen molar-refractivity contribution in [1.82, 2.24) is 0 Å². The molecule has 14 heavy (non-hydrogen) atoms. The fourth-order valence-electron chi connectivity index (χ4n) is 0.631. The van der Waals surface area contributed by atoms with E-state index in [-0.39, 0.29) is 6.61 Å². The number of rotatable bonds is 7. The Balaban J connectivity index is 3.41. The third-order valence-electron chi connectivity index (χ3n) is 1.34. The molecule has 1 N–H and O–H groups in total. The Bertz CT molecular complexity index is 185. The molecule has 0 aromatic heterocycles. The summed E-state index contributed by atoms with van der Waals surface area (Å²) in [5.41, 5.74) is 0. The minimum Gasteiger partial charge on any atom is -0.370 e. The predicted octanol–water partition coefficient (Wildman–Crippen LogP) is 0.158. The molecule has 5 nitrogen and oxygen atoms in total. The van der Waals surface area contributed by atoms with Crippen LogP contribution in [0.4, 0.5) is 4.39 Å². The molecule has 0 rings (SSSR count). The van der Waals surface area contributed by atoms with Gasteiger partial charge in [0.05, 0.1) is 27.7 Å². The van der Waals surface area contributed by atoms with Gasteiger partial charge in [0.1, 0.15) is 13.2 Å². The lowest BCUT2D eigenvalue weighted by Crippen LogP contribution is -2.38. The first-order valence-electron chi connectivity index (χ1n) is 4.11. The highest BCUT2D eigenvalue weighted by molar-refractivity contribution is 7.74. The number of alkyl halides is 1. The normalized spacial score (nSPS) is 16.6. The fourth-order valence-corrected chi connectivity index (χ4v) is 0.866. The van der Waals surface area contributed by atoms with Crippen LogP contribution in [0.1, 0.15) is 0 Å². The number of hydrogen-bond donors (Lipinski definition) is 1. The molecular formula is C7H17FNO4S+. The highest BCUT2D eigenvalue weighted by Gasteiger charge is 2.12. The summed E-state index contributed by atoms with van der Waals surface area (Å²) in [6.07, 6.45) is -1.85. The maximum atomic E-state index is 12.6. The molecule has 0 heterocycles. The lowest BCUT2D eigenvalue weighted by atomic mass is 10.5. The molecule has 86 valence electrons. The van der Waals surface area contributed by atoms with Crippen LogP contribution in [0.25, 0.3) is 0 Å². The summed E-state index contributed by atoms with van der Waals surface area (Å²) in [6.45, 7) is 0.784. The zero-order valence-corrected chi connectivity index (χ0v) is 9.42. The van der Waals surface area contributed by atoms with Gasteiger partial charge in [-0.15, -0.1) is 0 Å². The summed E-state index contributed by atoms with van der Waals surface area (Å²) in [6, 6.07) is 0. The van der Waals surface area contributed by atoms with Crippen molar-refractivity contribution in [2.45, 2.75) is 6.36 Å². The number of hydrogen-bond acceptors (Lipinski definition) is 3. The molecule has 2 atom stereocenters. The van der Waals surface area contributed by atoms with E-state index in [0.29, 0.717) is 11.1 Å². The van der Waals surface area contributed by atoms with Gasteiger partial charge in [0.25, 0.3) is 0 Å². The monoisotopic (exact) mass is 230 g/mol. The van der Waals surface area contributed by atoms with E-state index in [0.717, 1.165) is 6.54 Å². The molecule has 0 aliphatic rings. The van der Waals surface area contributed by atoms with Crippen molar-refractivity contribution in [3.05, 3.63) is 0 Å². The van der Waals surface area contributed by atoms with Crippen LogP contribution in [-0.4, -0.2) is 60.5 Å². The molecule has 0 amide bonds. The zero-order chi connectivity index (χ0) is 11.2. The van der Waals surface area contributed by atoms with Gasteiger partial charge in [0, 0.05) is 0 Å². The summed E-state index contributed by atoms with van der Waals surface area (Å²) < 4.78 is 40.3. The number of ether oxygens (including phenoxy) is 1. The quantitative estimate of drug-likeness (QED) is 0.384. The molecule has 0 aromatic rings. The van der Waals surface area contributed by atoms with Gasteiger partial charge in [0.2, 0.25) is 6.36 Å². The number of halogens is 1. The smallest absolute Gasteiger partial charge is 0.304 e. The van der Waals surface area contributed by atoms with E-state index in [2.05, 4.69) is 4.18 Å². The molecule has 0 aliphatic heterocycles. The fraction of sp³-hybridized carbons (Fsp3) is 1.00. The SMILES string of the molecule is C[N+](C)(C)CCOCC(F)OS(=O)O. The number of nitrogens with zero attached hydrogens (tertiary/aromatic N) is 1. The molecule has 0 spiro atoms. The van der Waals surface area contributed by atoms with Crippen molar-refractivity contribution in [2.75, 3.05) is 40.9 Å². The average Bonchev–Trinajstić information content (AvgIpc) is 1.95. The topological polar surface area (TPSA) is 55.8 Å². The maximum Gasteiger partial charge on any atom is 0.304 e. The van der Waals surface area contributed by atoms with Crippen LogP contribution in [0.15, 0.2) is 0 Å². The van der Waals surface area contributed by atoms with Crippen LogP contribution in [0, 0.1) is 0 Å². The maximum absolute atomic E-state index is 12.6. The van der Waals surface area contributed by atoms with Crippen LogP contribution < -0.4 is 0 Å². The summed E-state index contributed by atoms with van der Waals surface area (Å²) in [5, 5.41) is 0. The van der Waals surface area contributed by atoms with Crippen molar-refractivity contribution in [1.29, 1.82) is 0 Å². The van der Waals surface area contributed by atoms with Crippen LogP contribution >= 0.6 is 0 Å². The molecular weight excluding hydrogens is 213 g/mol. The second kappa shape index (κ2) is 6.41. The van der Waals surface area contributed by atoms with E-state index in [1.165, 1.54) is 0 Å². The van der Waals surface area contributed by atoms with Crippen LogP contribution in [0.5, 0.6) is 0 Å². The zero-order valence-electron chi connectivity index (χ0n) is 8.60. The van der Waals surface area contributed by atoms with Gasteiger partial charge in [-0.2, -0.15) is 4.21 Å². The van der Waals surface area contributed by atoms with Gasteiger partial charge in [-0.3, -0.25) is 4.55 Å². The predicted molar refractivity (Wildman–Crippen MR) is 50.5 cm³/mol. The summed E-state index contributed by atoms with van der Waals surface area (Å²) in [4.78, 5) is 0. The van der Waals surface area contributed by atoms with Crippen molar-refractivity contribution in [2.24, 2.45) is 0 Å². The molecule has 0 aromatic carbocycles. The van der Waals surface area contributed by atoms with E-state index >= 15 is 0 Å². The van der Waals surface area contributed by atoms with Crippen LogP contribution in [-0.2, 0) is 20.3 Å². The van der Waals surface area contributed by atoms with E-state index in [1.807, 2.05) is 21.1 Å². The molecule has 0 bridgehead atoms. The van der Waals surface area contributed by atoms with E-state index in [4.69, 9.17) is 9.29 Å². The Labute approximate surface area is 85.9 Å². The molecule has 0 aliphatic carbocycles. The Morgan fingerprint density at radius 2 is 2.07 bits per heavy atom. The largest absolute Gasteiger partial charge is 0.370 e. The Kier molecular flexibility index (Phi) is 6.38. The van der Waals surface area contributed by atoms with Gasteiger partial charge < -0.3 is 9.22 Å². The minimum atomic E-state index is -2.58.